The smallest absolute Gasteiger partial charge is 0.322 e. The maximum absolute atomic E-state index is 12.8. The third-order valence-corrected chi connectivity index (χ3v) is 4.51. The van der Waals surface area contributed by atoms with E-state index in [1.807, 2.05) is 35.0 Å². The van der Waals surface area contributed by atoms with Crippen molar-refractivity contribution < 1.29 is 9.32 Å². The van der Waals surface area contributed by atoms with E-state index >= 15 is 0 Å². The zero-order valence-electron chi connectivity index (χ0n) is 14.5. The number of hydrogen-bond donors (Lipinski definition) is 1. The molecule has 1 saturated heterocycles. The summed E-state index contributed by atoms with van der Waals surface area (Å²) in [5, 5.41) is 6.81. The van der Waals surface area contributed by atoms with Crippen LogP contribution in [0, 0.1) is 6.92 Å². The highest BCUT2D eigenvalue weighted by Gasteiger charge is 2.32. The monoisotopic (exact) mass is 352 g/mol. The lowest BCUT2D eigenvalue weighted by Crippen LogP contribution is -2.41. The molecule has 1 unspecified atom stereocenters. The molecular weight excluding hydrogens is 332 g/mol. The van der Waals surface area contributed by atoms with Gasteiger partial charge in [0.2, 0.25) is 5.89 Å². The Balaban J connectivity index is 1.47. The average molecular weight is 352 g/mol. The number of piperidine rings is 1. The second kappa shape index (κ2) is 6.99. The van der Waals surface area contributed by atoms with E-state index in [1.165, 1.54) is 0 Å². The molecule has 3 heterocycles. The van der Waals surface area contributed by atoms with Crippen LogP contribution < -0.4 is 5.32 Å². The number of likely N-dealkylation sites (tertiary alicyclic amines) is 1. The first-order valence-corrected chi connectivity index (χ1v) is 8.67. The molecule has 2 aromatic heterocycles. The van der Waals surface area contributed by atoms with Crippen LogP contribution in [-0.2, 0) is 0 Å². The number of benzene rings is 1. The van der Waals surface area contributed by atoms with E-state index < -0.39 is 0 Å². The lowest BCUT2D eigenvalue weighted by atomic mass is 10.0. The maximum atomic E-state index is 12.8. The molecular formula is C18H20N6O2. The van der Waals surface area contributed by atoms with Crippen molar-refractivity contribution in [3.63, 3.8) is 0 Å². The summed E-state index contributed by atoms with van der Waals surface area (Å²) in [6.45, 7) is 2.45. The summed E-state index contributed by atoms with van der Waals surface area (Å²) >= 11 is 0. The number of aryl methyl sites for hydroxylation is 1. The van der Waals surface area contributed by atoms with Crippen LogP contribution in [-0.4, -0.2) is 37.2 Å². The number of aromatic nitrogens is 4. The van der Waals surface area contributed by atoms with Gasteiger partial charge in [0.1, 0.15) is 6.04 Å². The minimum absolute atomic E-state index is 0.152. The number of amides is 2. The molecule has 0 saturated carbocycles. The summed E-state index contributed by atoms with van der Waals surface area (Å²) in [4.78, 5) is 22.9. The highest BCUT2D eigenvalue weighted by atomic mass is 16.5. The van der Waals surface area contributed by atoms with Crippen LogP contribution in [0.5, 0.6) is 0 Å². The molecule has 8 nitrogen and oxygen atoms in total. The van der Waals surface area contributed by atoms with Crippen molar-refractivity contribution in [3.8, 4) is 5.69 Å². The second-order valence-corrected chi connectivity index (χ2v) is 6.33. The zero-order valence-corrected chi connectivity index (χ0v) is 14.5. The Kier molecular flexibility index (Phi) is 4.39. The third-order valence-electron chi connectivity index (χ3n) is 4.51. The fourth-order valence-corrected chi connectivity index (χ4v) is 3.20. The van der Waals surface area contributed by atoms with Gasteiger partial charge < -0.3 is 19.3 Å². The zero-order chi connectivity index (χ0) is 17.9. The van der Waals surface area contributed by atoms with E-state index in [-0.39, 0.29) is 12.1 Å². The first-order chi connectivity index (χ1) is 12.7. The standard InChI is InChI=1S/C18H20N6O2/c1-13-20-17(26-22-13)16-4-2-3-10-24(16)18(25)21-14-5-7-15(8-6-14)23-11-9-19-12-23/h5-9,11-12,16H,2-4,10H2,1H3,(H,21,25). The van der Waals surface area contributed by atoms with Crippen molar-refractivity contribution in [2.75, 3.05) is 11.9 Å². The van der Waals surface area contributed by atoms with Crippen molar-refractivity contribution in [2.45, 2.75) is 32.2 Å². The number of anilines is 1. The first-order valence-electron chi connectivity index (χ1n) is 8.67. The molecule has 0 bridgehead atoms. The van der Waals surface area contributed by atoms with Gasteiger partial charge in [-0.1, -0.05) is 5.16 Å². The number of hydrogen-bond acceptors (Lipinski definition) is 5. The Bertz CT molecular complexity index is 871. The van der Waals surface area contributed by atoms with E-state index in [4.69, 9.17) is 4.52 Å². The van der Waals surface area contributed by atoms with Gasteiger partial charge in [0.05, 0.1) is 6.33 Å². The topological polar surface area (TPSA) is 89.1 Å². The van der Waals surface area contributed by atoms with E-state index in [0.717, 1.165) is 30.6 Å². The lowest BCUT2D eigenvalue weighted by Gasteiger charge is -2.33. The summed E-state index contributed by atoms with van der Waals surface area (Å²) < 4.78 is 7.21. The lowest BCUT2D eigenvalue weighted by molar-refractivity contribution is 0.142. The van der Waals surface area contributed by atoms with Gasteiger partial charge in [0.25, 0.3) is 0 Å². The molecule has 0 spiro atoms. The Hall–Kier alpha value is -3.16. The normalized spacial score (nSPS) is 17.3. The SMILES string of the molecule is Cc1noc(C2CCCCN2C(=O)Nc2ccc(-n3ccnc3)cc2)n1. The summed E-state index contributed by atoms with van der Waals surface area (Å²) in [5.41, 5.74) is 1.72. The third kappa shape index (κ3) is 3.30. The molecule has 2 amide bonds. The second-order valence-electron chi connectivity index (χ2n) is 6.33. The molecule has 1 fully saturated rings. The molecule has 1 aromatic carbocycles. The summed E-state index contributed by atoms with van der Waals surface area (Å²) in [7, 11) is 0. The fourth-order valence-electron chi connectivity index (χ4n) is 3.20. The molecule has 4 rings (SSSR count). The van der Waals surface area contributed by atoms with E-state index in [1.54, 1.807) is 24.3 Å². The Morgan fingerprint density at radius 3 is 2.81 bits per heavy atom. The number of rotatable bonds is 3. The van der Waals surface area contributed by atoms with Crippen LogP contribution >= 0.6 is 0 Å². The highest BCUT2D eigenvalue weighted by molar-refractivity contribution is 5.89. The highest BCUT2D eigenvalue weighted by Crippen LogP contribution is 2.30. The number of carbonyl (C=O) groups is 1. The van der Waals surface area contributed by atoms with Gasteiger partial charge >= 0.3 is 6.03 Å². The molecule has 0 aliphatic carbocycles. The van der Waals surface area contributed by atoms with E-state index in [2.05, 4.69) is 20.4 Å². The number of nitrogens with zero attached hydrogens (tertiary/aromatic N) is 5. The van der Waals surface area contributed by atoms with Crippen LogP contribution in [0.1, 0.15) is 37.0 Å². The van der Waals surface area contributed by atoms with Gasteiger partial charge in [0.15, 0.2) is 5.82 Å². The average Bonchev–Trinajstić information content (AvgIpc) is 3.34. The van der Waals surface area contributed by atoms with Crippen LogP contribution in [0.2, 0.25) is 0 Å². The summed E-state index contributed by atoms with van der Waals surface area (Å²) in [5.74, 6) is 1.09. The molecule has 1 N–H and O–H groups in total. The quantitative estimate of drug-likeness (QED) is 0.781. The van der Waals surface area contributed by atoms with E-state index in [9.17, 15) is 4.79 Å². The minimum Gasteiger partial charge on any atom is -0.337 e. The van der Waals surface area contributed by atoms with Gasteiger partial charge in [0, 0.05) is 30.3 Å². The number of nitrogens with one attached hydrogen (secondary N) is 1. The van der Waals surface area contributed by atoms with Crippen LogP contribution in [0.15, 0.2) is 47.5 Å². The number of urea groups is 1. The van der Waals surface area contributed by atoms with Crippen molar-refractivity contribution in [1.82, 2.24) is 24.6 Å². The molecule has 3 aromatic rings. The molecule has 8 heteroatoms. The number of imidazole rings is 1. The minimum atomic E-state index is -0.171. The summed E-state index contributed by atoms with van der Waals surface area (Å²) in [6.07, 6.45) is 8.17. The fraction of sp³-hybridized carbons (Fsp3) is 0.333. The molecule has 1 atom stereocenters. The van der Waals surface area contributed by atoms with Crippen molar-refractivity contribution in [2.24, 2.45) is 0 Å². The van der Waals surface area contributed by atoms with Gasteiger partial charge in [-0.15, -0.1) is 0 Å². The first kappa shape index (κ1) is 16.3. The maximum Gasteiger partial charge on any atom is 0.322 e. The van der Waals surface area contributed by atoms with Crippen LogP contribution in [0.4, 0.5) is 10.5 Å². The molecule has 134 valence electrons. The Labute approximate surface area is 150 Å². The molecule has 26 heavy (non-hydrogen) atoms. The van der Waals surface area contributed by atoms with E-state index in [0.29, 0.717) is 18.3 Å². The summed E-state index contributed by atoms with van der Waals surface area (Å²) in [6, 6.07) is 7.31. The van der Waals surface area contributed by atoms with Gasteiger partial charge in [-0.3, -0.25) is 0 Å². The van der Waals surface area contributed by atoms with Crippen molar-refractivity contribution in [1.29, 1.82) is 0 Å². The molecule has 1 aliphatic rings. The van der Waals surface area contributed by atoms with Crippen LogP contribution in [0.25, 0.3) is 5.69 Å². The molecule has 0 radical (unpaired) electrons. The Morgan fingerprint density at radius 2 is 2.12 bits per heavy atom. The van der Waals surface area contributed by atoms with Gasteiger partial charge in [-0.25, -0.2) is 9.78 Å². The predicted octanol–water partition coefficient (Wildman–Crippen LogP) is 3.32. The van der Waals surface area contributed by atoms with Crippen LogP contribution in [0.3, 0.4) is 0 Å². The largest absolute Gasteiger partial charge is 0.337 e. The molecule has 1 aliphatic heterocycles. The van der Waals surface area contributed by atoms with Gasteiger partial charge in [-0.05, 0) is 50.5 Å². The predicted molar refractivity (Wildman–Crippen MR) is 94.9 cm³/mol. The number of carbonyl (C=O) groups excluding carboxylic acids is 1. The van der Waals surface area contributed by atoms with Crippen molar-refractivity contribution in [3.05, 3.63) is 54.7 Å². The van der Waals surface area contributed by atoms with Crippen molar-refractivity contribution >= 4 is 11.7 Å². The Morgan fingerprint density at radius 1 is 1.27 bits per heavy atom. The van der Waals surface area contributed by atoms with Gasteiger partial charge in [-0.2, -0.15) is 4.98 Å².